The lowest BCUT2D eigenvalue weighted by atomic mass is 10.1. The van der Waals surface area contributed by atoms with Crippen LogP contribution in [-0.2, 0) is 0 Å². The highest BCUT2D eigenvalue weighted by Gasteiger charge is 2.04. The molecule has 0 aromatic heterocycles. The molecule has 0 aliphatic heterocycles. The summed E-state index contributed by atoms with van der Waals surface area (Å²) in [5.74, 6) is 0. The van der Waals surface area contributed by atoms with Gasteiger partial charge >= 0.3 is 0 Å². The second-order valence-corrected chi connectivity index (χ2v) is 19.3. The molecule has 0 unspecified atom stereocenters. The van der Waals surface area contributed by atoms with Crippen LogP contribution in [0.5, 0.6) is 0 Å². The number of allylic oxidation sites excluding steroid dienone is 6. The largest absolute Gasteiger partial charge is 0.315 e. The Hall–Kier alpha value is -0.940. The molecule has 0 aliphatic rings. The fourth-order valence-electron chi connectivity index (χ4n) is 8.54. The number of hydrogen-bond donors (Lipinski definition) is 3. The van der Waals surface area contributed by atoms with Crippen LogP contribution in [0.25, 0.3) is 0 Å². The summed E-state index contributed by atoms with van der Waals surface area (Å²) < 4.78 is 0. The third-order valence-corrected chi connectivity index (χ3v) is 12.9. The first-order valence-electron chi connectivity index (χ1n) is 28.6. The summed E-state index contributed by atoms with van der Waals surface area (Å²) in [5.41, 5.74) is 0. The first-order chi connectivity index (χ1) is 30.8. The predicted octanol–water partition coefficient (Wildman–Crippen LogP) is 18.1. The highest BCUT2D eigenvalue weighted by atomic mass is 15.3. The first kappa shape index (κ1) is 61.1. The van der Waals surface area contributed by atoms with Crippen LogP contribution in [0.2, 0.25) is 0 Å². The van der Waals surface area contributed by atoms with Crippen molar-refractivity contribution in [1.82, 2.24) is 20.9 Å². The SMILES string of the molecule is CCCCCCCC/C=C/CCCCCCCCNCCN(CNCCCCCCCC/C=C/CCCCCCCC)CNCCCCCCCC/C=C/CCCCCCCC. The van der Waals surface area contributed by atoms with Crippen LogP contribution in [0, 0.1) is 0 Å². The van der Waals surface area contributed by atoms with Gasteiger partial charge in [-0.2, -0.15) is 0 Å². The lowest BCUT2D eigenvalue weighted by Crippen LogP contribution is -2.44. The van der Waals surface area contributed by atoms with Gasteiger partial charge in [0.2, 0.25) is 0 Å². The molecule has 0 amide bonds. The second-order valence-electron chi connectivity index (χ2n) is 19.3. The van der Waals surface area contributed by atoms with Crippen molar-refractivity contribution in [2.75, 3.05) is 46.1 Å². The molecule has 4 heteroatoms. The van der Waals surface area contributed by atoms with Gasteiger partial charge in [0, 0.05) is 26.4 Å². The van der Waals surface area contributed by atoms with Crippen molar-refractivity contribution in [1.29, 1.82) is 0 Å². The number of hydrogen-bond acceptors (Lipinski definition) is 4. The maximum Gasteiger partial charge on any atom is 0.0493 e. The quantitative estimate of drug-likeness (QED) is 0.0324. The van der Waals surface area contributed by atoms with Crippen LogP contribution in [0.15, 0.2) is 36.5 Å². The van der Waals surface area contributed by atoms with Crippen LogP contribution in [0.1, 0.15) is 290 Å². The molecule has 0 aliphatic carbocycles. The third kappa shape index (κ3) is 55.2. The normalized spacial score (nSPS) is 12.2. The lowest BCUT2D eigenvalue weighted by Gasteiger charge is -2.23. The summed E-state index contributed by atoms with van der Waals surface area (Å²) >= 11 is 0. The van der Waals surface area contributed by atoms with Gasteiger partial charge in [-0.1, -0.05) is 231 Å². The third-order valence-electron chi connectivity index (χ3n) is 12.9. The number of unbranched alkanes of at least 4 members (excludes halogenated alkanes) is 36. The number of nitrogens with zero attached hydrogens (tertiary/aromatic N) is 1. The lowest BCUT2D eigenvalue weighted by molar-refractivity contribution is 0.233. The molecule has 0 atom stereocenters. The van der Waals surface area contributed by atoms with E-state index < -0.39 is 0 Å². The van der Waals surface area contributed by atoms with E-state index >= 15 is 0 Å². The minimum Gasteiger partial charge on any atom is -0.315 e. The average molecular weight is 870 g/mol. The van der Waals surface area contributed by atoms with Gasteiger partial charge in [-0.3, -0.25) is 4.90 Å². The number of rotatable bonds is 55. The minimum atomic E-state index is 1.00. The van der Waals surface area contributed by atoms with E-state index in [9.17, 15) is 0 Å². The molecule has 0 spiro atoms. The van der Waals surface area contributed by atoms with Crippen molar-refractivity contribution in [3.8, 4) is 0 Å². The molecule has 0 fully saturated rings. The Morgan fingerprint density at radius 3 is 0.742 bits per heavy atom. The fraction of sp³-hybridized carbons (Fsp3) is 0.897. The standard InChI is InChI=1S/C58H116N4/c1-4-7-10-13-16-19-22-25-28-31-34-37-40-43-46-49-52-59-55-56-62(57-60-53-50-47-44-41-38-35-32-29-26-23-20-17-14-11-8-5-2)58-61-54-51-48-45-42-39-36-33-30-27-24-21-18-15-12-9-6-3/h25-30,59-61H,4-24,31-58H2,1-3H3/b28-25+,29-26+,30-27+. The smallest absolute Gasteiger partial charge is 0.0493 e. The molecule has 4 nitrogen and oxygen atoms in total. The minimum absolute atomic E-state index is 1.00. The Labute approximate surface area is 392 Å². The molecule has 0 rings (SSSR count). The van der Waals surface area contributed by atoms with Gasteiger partial charge < -0.3 is 16.0 Å². The van der Waals surface area contributed by atoms with Crippen LogP contribution in [-0.4, -0.2) is 51.0 Å². The van der Waals surface area contributed by atoms with Crippen molar-refractivity contribution in [3.63, 3.8) is 0 Å². The molecule has 0 saturated carbocycles. The molecule has 0 heterocycles. The molecule has 0 radical (unpaired) electrons. The summed E-state index contributed by atoms with van der Waals surface area (Å²) in [6.45, 7) is 14.6. The van der Waals surface area contributed by atoms with Crippen molar-refractivity contribution >= 4 is 0 Å². The topological polar surface area (TPSA) is 39.3 Å². The summed E-state index contributed by atoms with van der Waals surface area (Å²) in [4.78, 5) is 2.59. The zero-order chi connectivity index (χ0) is 44.6. The van der Waals surface area contributed by atoms with Crippen LogP contribution in [0.3, 0.4) is 0 Å². The maximum atomic E-state index is 3.79. The molecule has 0 aromatic rings. The summed E-state index contributed by atoms with van der Waals surface area (Å²) in [6, 6.07) is 0. The van der Waals surface area contributed by atoms with Crippen molar-refractivity contribution < 1.29 is 0 Å². The van der Waals surface area contributed by atoms with Crippen molar-refractivity contribution in [2.24, 2.45) is 0 Å². The van der Waals surface area contributed by atoms with Crippen molar-refractivity contribution in [3.05, 3.63) is 36.5 Å². The molecule has 0 aromatic carbocycles. The molecule has 0 bridgehead atoms. The Balaban J connectivity index is 4.05. The Kier molecular flexibility index (Phi) is 57.2. The fourth-order valence-corrected chi connectivity index (χ4v) is 8.54. The zero-order valence-corrected chi connectivity index (χ0v) is 43.1. The zero-order valence-electron chi connectivity index (χ0n) is 43.1. The first-order valence-corrected chi connectivity index (χ1v) is 28.6. The van der Waals surface area contributed by atoms with E-state index in [1.807, 2.05) is 0 Å². The molecule has 62 heavy (non-hydrogen) atoms. The van der Waals surface area contributed by atoms with Crippen LogP contribution >= 0.6 is 0 Å². The van der Waals surface area contributed by atoms with Gasteiger partial charge in [0.05, 0.1) is 0 Å². The van der Waals surface area contributed by atoms with E-state index in [0.717, 1.165) is 39.5 Å². The highest BCUT2D eigenvalue weighted by molar-refractivity contribution is 4.83. The van der Waals surface area contributed by atoms with E-state index in [-0.39, 0.29) is 0 Å². The number of nitrogens with one attached hydrogen (secondary N) is 3. The molecular weight excluding hydrogens is 753 g/mol. The van der Waals surface area contributed by atoms with E-state index in [1.165, 1.54) is 276 Å². The Morgan fingerprint density at radius 2 is 0.468 bits per heavy atom. The molecule has 368 valence electrons. The van der Waals surface area contributed by atoms with Crippen molar-refractivity contribution in [2.45, 2.75) is 290 Å². The van der Waals surface area contributed by atoms with E-state index in [4.69, 9.17) is 0 Å². The Morgan fingerprint density at radius 1 is 0.242 bits per heavy atom. The highest BCUT2D eigenvalue weighted by Crippen LogP contribution is 2.13. The second kappa shape index (κ2) is 58.1. The van der Waals surface area contributed by atoms with E-state index in [2.05, 4.69) is 78.1 Å². The monoisotopic (exact) mass is 869 g/mol. The van der Waals surface area contributed by atoms with Gasteiger partial charge in [-0.15, -0.1) is 0 Å². The van der Waals surface area contributed by atoms with Gasteiger partial charge in [-0.05, 0) is 116 Å². The van der Waals surface area contributed by atoms with Gasteiger partial charge in [-0.25, -0.2) is 0 Å². The van der Waals surface area contributed by atoms with Gasteiger partial charge in [0.15, 0.2) is 0 Å². The Bertz CT molecular complexity index is 821. The van der Waals surface area contributed by atoms with E-state index in [1.54, 1.807) is 0 Å². The van der Waals surface area contributed by atoms with Gasteiger partial charge in [0.25, 0.3) is 0 Å². The maximum absolute atomic E-state index is 3.79. The summed E-state index contributed by atoms with van der Waals surface area (Å²) in [5, 5.41) is 11.4. The summed E-state index contributed by atoms with van der Waals surface area (Å²) in [7, 11) is 0. The van der Waals surface area contributed by atoms with Crippen LogP contribution < -0.4 is 16.0 Å². The molecule has 3 N–H and O–H groups in total. The van der Waals surface area contributed by atoms with Crippen LogP contribution in [0.4, 0.5) is 0 Å². The average Bonchev–Trinajstić information content (AvgIpc) is 3.28. The van der Waals surface area contributed by atoms with E-state index in [0.29, 0.717) is 0 Å². The molecular formula is C58H116N4. The molecule has 0 saturated heterocycles. The summed E-state index contributed by atoms with van der Waals surface area (Å²) in [6.07, 6.45) is 72.5. The van der Waals surface area contributed by atoms with Gasteiger partial charge in [0.1, 0.15) is 0 Å². The predicted molar refractivity (Wildman–Crippen MR) is 284 cm³/mol.